The highest BCUT2D eigenvalue weighted by Crippen LogP contribution is 2.28. The Balaban J connectivity index is 2.55. The van der Waals surface area contributed by atoms with Gasteiger partial charge >= 0.3 is 0 Å². The lowest BCUT2D eigenvalue weighted by Crippen LogP contribution is -2.06. The summed E-state index contributed by atoms with van der Waals surface area (Å²) in [4.78, 5) is 12.1. The van der Waals surface area contributed by atoms with Crippen LogP contribution in [-0.2, 0) is 4.74 Å². The topological polar surface area (TPSA) is 79.9 Å². The van der Waals surface area contributed by atoms with Gasteiger partial charge in [-0.3, -0.25) is 4.79 Å². The Kier molecular flexibility index (Phi) is 3.57. The van der Waals surface area contributed by atoms with Crippen LogP contribution in [0.25, 0.3) is 17.0 Å². The highest BCUT2D eigenvalue weighted by molar-refractivity contribution is 5.82. The minimum Gasteiger partial charge on any atom is -0.504 e. The molecule has 0 bridgehead atoms. The molecule has 1 aromatic carbocycles. The maximum absolute atomic E-state index is 12.1. The minimum atomic E-state index is -0.355. The first-order chi connectivity index (χ1) is 9.02. The van der Waals surface area contributed by atoms with E-state index < -0.39 is 0 Å². The zero-order valence-corrected chi connectivity index (χ0v) is 10.6. The fourth-order valence-corrected chi connectivity index (χ4v) is 1.60. The van der Waals surface area contributed by atoms with Crippen LogP contribution >= 0.6 is 0 Å². The molecule has 0 aliphatic carbocycles. The third-order valence-electron chi connectivity index (χ3n) is 2.82. The molecule has 1 heterocycles. The van der Waals surface area contributed by atoms with Crippen LogP contribution in [0.3, 0.4) is 0 Å². The zero-order chi connectivity index (χ0) is 14.0. The molecular formula is C14H14O5. The van der Waals surface area contributed by atoms with Gasteiger partial charge in [0.1, 0.15) is 11.8 Å². The summed E-state index contributed by atoms with van der Waals surface area (Å²) in [6.45, 7) is 1.84. The molecule has 2 rings (SSSR count). The summed E-state index contributed by atoms with van der Waals surface area (Å²) in [5, 5.41) is 19.0. The SMILES string of the molecule is COC(C)C=Cc1coc2cc(O)c(O)cc2c1=O. The predicted molar refractivity (Wildman–Crippen MR) is 71.3 cm³/mol. The van der Waals surface area contributed by atoms with Gasteiger partial charge in [0.2, 0.25) is 0 Å². The first kappa shape index (κ1) is 13.2. The number of benzene rings is 1. The van der Waals surface area contributed by atoms with Gasteiger partial charge in [-0.15, -0.1) is 0 Å². The monoisotopic (exact) mass is 262 g/mol. The molecule has 0 fully saturated rings. The molecule has 0 aliphatic heterocycles. The quantitative estimate of drug-likeness (QED) is 0.829. The van der Waals surface area contributed by atoms with Gasteiger partial charge in [-0.1, -0.05) is 6.08 Å². The number of fused-ring (bicyclic) bond motifs is 1. The van der Waals surface area contributed by atoms with Gasteiger partial charge in [-0.2, -0.15) is 0 Å². The number of hydrogen-bond acceptors (Lipinski definition) is 5. The van der Waals surface area contributed by atoms with Gasteiger partial charge in [0.25, 0.3) is 0 Å². The van der Waals surface area contributed by atoms with Crippen LogP contribution in [0.15, 0.2) is 33.7 Å². The number of phenolic OH excluding ortho intramolecular Hbond substituents is 2. The summed E-state index contributed by atoms with van der Waals surface area (Å²) in [5.74, 6) is -0.682. The standard InChI is InChI=1S/C14H14O5/c1-8(18-2)3-4-9-7-19-13-6-12(16)11(15)5-10(13)14(9)17/h3-8,15-16H,1-2H3. The Bertz CT molecular complexity index is 684. The molecule has 19 heavy (non-hydrogen) atoms. The van der Waals surface area contributed by atoms with Crippen LogP contribution in [0.4, 0.5) is 0 Å². The van der Waals surface area contributed by atoms with Crippen molar-refractivity contribution in [2.45, 2.75) is 13.0 Å². The molecule has 0 radical (unpaired) electrons. The summed E-state index contributed by atoms with van der Waals surface area (Å²) in [6.07, 6.45) is 4.50. The number of rotatable bonds is 3. The minimum absolute atomic E-state index is 0.122. The van der Waals surface area contributed by atoms with E-state index in [2.05, 4.69) is 0 Å². The highest BCUT2D eigenvalue weighted by Gasteiger charge is 2.09. The third kappa shape index (κ3) is 2.61. The van der Waals surface area contributed by atoms with Crippen molar-refractivity contribution in [1.29, 1.82) is 0 Å². The van der Waals surface area contributed by atoms with E-state index in [4.69, 9.17) is 9.15 Å². The molecule has 2 aromatic rings. The number of ether oxygens (including phenoxy) is 1. The molecule has 0 aliphatic rings. The van der Waals surface area contributed by atoms with Crippen LogP contribution in [0, 0.1) is 0 Å². The number of aromatic hydroxyl groups is 2. The average molecular weight is 262 g/mol. The Labute approximate surface area is 109 Å². The van der Waals surface area contributed by atoms with Crippen molar-refractivity contribution in [3.63, 3.8) is 0 Å². The molecule has 5 heteroatoms. The van der Waals surface area contributed by atoms with Crippen molar-refractivity contribution in [3.05, 3.63) is 40.3 Å². The second-order valence-electron chi connectivity index (χ2n) is 4.16. The Morgan fingerprint density at radius 1 is 1.32 bits per heavy atom. The lowest BCUT2D eigenvalue weighted by molar-refractivity contribution is 0.157. The molecular weight excluding hydrogens is 248 g/mol. The van der Waals surface area contributed by atoms with Crippen molar-refractivity contribution < 1.29 is 19.4 Å². The molecule has 2 N–H and O–H groups in total. The van der Waals surface area contributed by atoms with Gasteiger partial charge in [-0.05, 0) is 19.1 Å². The average Bonchev–Trinajstić information content (AvgIpc) is 2.40. The maximum atomic E-state index is 12.1. The summed E-state index contributed by atoms with van der Waals surface area (Å²) in [7, 11) is 1.57. The normalized spacial score (nSPS) is 13.2. The fraction of sp³-hybridized carbons (Fsp3) is 0.214. The molecule has 0 amide bonds. The molecule has 0 saturated carbocycles. The van der Waals surface area contributed by atoms with E-state index in [1.807, 2.05) is 6.92 Å². The molecule has 0 spiro atoms. The third-order valence-corrected chi connectivity index (χ3v) is 2.82. The number of hydrogen-bond donors (Lipinski definition) is 2. The van der Waals surface area contributed by atoms with E-state index in [0.717, 1.165) is 0 Å². The zero-order valence-electron chi connectivity index (χ0n) is 10.6. The second kappa shape index (κ2) is 5.16. The van der Waals surface area contributed by atoms with Crippen molar-refractivity contribution >= 4 is 17.0 Å². The lowest BCUT2D eigenvalue weighted by Gasteiger charge is -2.03. The molecule has 1 atom stereocenters. The first-order valence-corrected chi connectivity index (χ1v) is 5.71. The van der Waals surface area contributed by atoms with Crippen LogP contribution in [-0.4, -0.2) is 23.4 Å². The van der Waals surface area contributed by atoms with E-state index in [1.165, 1.54) is 18.4 Å². The van der Waals surface area contributed by atoms with E-state index >= 15 is 0 Å². The number of methoxy groups -OCH3 is 1. The van der Waals surface area contributed by atoms with Crippen molar-refractivity contribution in [1.82, 2.24) is 0 Å². The van der Waals surface area contributed by atoms with E-state index in [-0.39, 0.29) is 34.0 Å². The van der Waals surface area contributed by atoms with Gasteiger partial charge in [-0.25, -0.2) is 0 Å². The molecule has 1 aromatic heterocycles. The lowest BCUT2D eigenvalue weighted by atomic mass is 10.1. The molecule has 5 nitrogen and oxygen atoms in total. The van der Waals surface area contributed by atoms with Gasteiger partial charge in [0.05, 0.1) is 17.1 Å². The summed E-state index contributed by atoms with van der Waals surface area (Å²) >= 11 is 0. The van der Waals surface area contributed by atoms with Crippen molar-refractivity contribution in [2.24, 2.45) is 0 Å². The van der Waals surface area contributed by atoms with E-state index in [0.29, 0.717) is 5.56 Å². The van der Waals surface area contributed by atoms with Crippen molar-refractivity contribution in [3.8, 4) is 11.5 Å². The largest absolute Gasteiger partial charge is 0.504 e. The predicted octanol–water partition coefficient (Wildman–Crippen LogP) is 2.25. The Hall–Kier alpha value is -2.27. The Morgan fingerprint density at radius 2 is 2.00 bits per heavy atom. The van der Waals surface area contributed by atoms with Crippen LogP contribution < -0.4 is 5.43 Å². The van der Waals surface area contributed by atoms with Crippen LogP contribution in [0.1, 0.15) is 12.5 Å². The Morgan fingerprint density at radius 3 is 2.68 bits per heavy atom. The molecule has 0 saturated heterocycles. The second-order valence-corrected chi connectivity index (χ2v) is 4.16. The fourth-order valence-electron chi connectivity index (χ4n) is 1.60. The summed E-state index contributed by atoms with van der Waals surface area (Å²) in [6, 6.07) is 2.39. The van der Waals surface area contributed by atoms with Gasteiger partial charge in [0, 0.05) is 13.2 Å². The first-order valence-electron chi connectivity index (χ1n) is 5.71. The van der Waals surface area contributed by atoms with Gasteiger partial charge < -0.3 is 19.4 Å². The summed E-state index contributed by atoms with van der Waals surface area (Å²) < 4.78 is 10.3. The van der Waals surface area contributed by atoms with Crippen molar-refractivity contribution in [2.75, 3.05) is 7.11 Å². The maximum Gasteiger partial charge on any atom is 0.200 e. The highest BCUT2D eigenvalue weighted by atomic mass is 16.5. The smallest absolute Gasteiger partial charge is 0.200 e. The van der Waals surface area contributed by atoms with Crippen LogP contribution in [0.5, 0.6) is 11.5 Å². The van der Waals surface area contributed by atoms with E-state index in [9.17, 15) is 15.0 Å². The molecule has 100 valence electrons. The van der Waals surface area contributed by atoms with E-state index in [1.54, 1.807) is 19.3 Å². The molecule has 1 unspecified atom stereocenters. The van der Waals surface area contributed by atoms with Gasteiger partial charge in [0.15, 0.2) is 16.9 Å². The van der Waals surface area contributed by atoms with Crippen LogP contribution in [0.2, 0.25) is 0 Å². The summed E-state index contributed by atoms with van der Waals surface area (Å²) in [5.41, 5.74) is 0.287. The number of phenols is 2.